The van der Waals surface area contributed by atoms with Crippen LogP contribution in [0.5, 0.6) is 5.75 Å². The van der Waals surface area contributed by atoms with E-state index < -0.39 is 0 Å². The molecule has 0 saturated heterocycles. The third-order valence-corrected chi connectivity index (χ3v) is 3.12. The Morgan fingerprint density at radius 3 is 2.68 bits per heavy atom. The van der Waals surface area contributed by atoms with E-state index in [-0.39, 0.29) is 11.0 Å². The van der Waals surface area contributed by atoms with Crippen molar-refractivity contribution in [2.45, 2.75) is 0 Å². The number of aromatic nitrogens is 1. The smallest absolute Gasteiger partial charge is 0.257 e. The van der Waals surface area contributed by atoms with Crippen molar-refractivity contribution in [3.8, 4) is 5.75 Å². The molecule has 2 N–H and O–H groups in total. The van der Waals surface area contributed by atoms with Gasteiger partial charge < -0.3 is 10.1 Å². The second kappa shape index (κ2) is 6.26. The number of nitrogens with zero attached hydrogens (tertiary/aromatic N) is 1. The molecule has 98 valence electrons. The number of hydrogen-bond donors (Lipinski definition) is 2. The van der Waals surface area contributed by atoms with Gasteiger partial charge in [0.2, 0.25) is 0 Å². The number of benzene rings is 1. The zero-order chi connectivity index (χ0) is 13.7. The van der Waals surface area contributed by atoms with E-state index in [0.29, 0.717) is 16.4 Å². The Kier molecular flexibility index (Phi) is 4.43. The van der Waals surface area contributed by atoms with Gasteiger partial charge in [-0.2, -0.15) is 0 Å². The monoisotopic (exact) mass is 293 g/mol. The fourth-order valence-corrected chi connectivity index (χ4v) is 2.12. The van der Waals surface area contributed by atoms with E-state index in [2.05, 4.69) is 15.6 Å². The summed E-state index contributed by atoms with van der Waals surface area (Å²) in [5.74, 6) is 0.414. The molecule has 7 heteroatoms. The van der Waals surface area contributed by atoms with Crippen molar-refractivity contribution in [3.63, 3.8) is 0 Å². The van der Waals surface area contributed by atoms with Crippen LogP contribution in [0.25, 0.3) is 0 Å². The predicted octanol–water partition coefficient (Wildman–Crippen LogP) is 2.28. The third-order valence-electron chi connectivity index (χ3n) is 2.23. The molecule has 0 fully saturated rings. The number of thiocarbonyl (C=S) groups is 1. The van der Waals surface area contributed by atoms with Crippen molar-refractivity contribution in [2.75, 3.05) is 12.4 Å². The van der Waals surface area contributed by atoms with Crippen molar-refractivity contribution in [1.82, 2.24) is 10.3 Å². The minimum atomic E-state index is -0.281. The minimum Gasteiger partial charge on any atom is -0.497 e. The molecular formula is C12H11N3O2S2. The second-order valence-corrected chi connectivity index (χ2v) is 4.78. The zero-order valence-electron chi connectivity index (χ0n) is 10.0. The Morgan fingerprint density at radius 1 is 1.37 bits per heavy atom. The highest BCUT2D eigenvalue weighted by molar-refractivity contribution is 7.80. The number of ether oxygens (including phenoxy) is 1. The van der Waals surface area contributed by atoms with Gasteiger partial charge in [0.05, 0.1) is 7.11 Å². The SMILES string of the molecule is COc1ccc(C(=O)NC(=S)Nc2nccs2)cc1. The van der Waals surface area contributed by atoms with Crippen LogP contribution in [0.3, 0.4) is 0 Å². The lowest BCUT2D eigenvalue weighted by Crippen LogP contribution is -2.34. The lowest BCUT2D eigenvalue weighted by atomic mass is 10.2. The van der Waals surface area contributed by atoms with Gasteiger partial charge in [0, 0.05) is 17.1 Å². The lowest BCUT2D eigenvalue weighted by molar-refractivity contribution is 0.0977. The number of methoxy groups -OCH3 is 1. The van der Waals surface area contributed by atoms with Crippen molar-refractivity contribution in [3.05, 3.63) is 41.4 Å². The summed E-state index contributed by atoms with van der Waals surface area (Å²) in [4.78, 5) is 15.9. The first-order valence-corrected chi connectivity index (χ1v) is 6.63. The molecule has 2 aromatic rings. The molecule has 0 aliphatic rings. The molecule has 0 radical (unpaired) electrons. The van der Waals surface area contributed by atoms with Crippen LogP contribution in [0.2, 0.25) is 0 Å². The van der Waals surface area contributed by atoms with E-state index >= 15 is 0 Å². The minimum absolute atomic E-state index is 0.218. The summed E-state index contributed by atoms with van der Waals surface area (Å²) in [6.07, 6.45) is 1.65. The predicted molar refractivity (Wildman–Crippen MR) is 78.8 cm³/mol. The number of nitrogens with one attached hydrogen (secondary N) is 2. The van der Waals surface area contributed by atoms with Gasteiger partial charge in [0.1, 0.15) is 5.75 Å². The molecular weight excluding hydrogens is 282 g/mol. The summed E-state index contributed by atoms with van der Waals surface area (Å²) in [5.41, 5.74) is 0.504. The van der Waals surface area contributed by atoms with E-state index in [1.54, 1.807) is 37.6 Å². The topological polar surface area (TPSA) is 63.2 Å². The zero-order valence-corrected chi connectivity index (χ0v) is 11.7. The standard InChI is InChI=1S/C12H11N3O2S2/c1-17-9-4-2-8(3-5-9)10(16)14-11(18)15-12-13-6-7-19-12/h2-7H,1H3,(H2,13,14,15,16,18). The maximum absolute atomic E-state index is 11.9. The molecule has 1 aromatic carbocycles. The van der Waals surface area contributed by atoms with Gasteiger partial charge in [0.25, 0.3) is 5.91 Å². The average molecular weight is 293 g/mol. The first kappa shape index (κ1) is 13.4. The number of rotatable bonds is 3. The molecule has 19 heavy (non-hydrogen) atoms. The molecule has 5 nitrogen and oxygen atoms in total. The molecule has 0 unspecified atom stereocenters. The van der Waals surface area contributed by atoms with Crippen LogP contribution < -0.4 is 15.4 Å². The number of thiazole rings is 1. The van der Waals surface area contributed by atoms with Crippen molar-refractivity contribution in [1.29, 1.82) is 0 Å². The average Bonchev–Trinajstić information content (AvgIpc) is 2.91. The maximum Gasteiger partial charge on any atom is 0.257 e. The van der Waals surface area contributed by atoms with E-state index in [1.807, 2.05) is 5.38 Å². The molecule has 1 aromatic heterocycles. The molecule has 1 heterocycles. The van der Waals surface area contributed by atoms with Crippen molar-refractivity contribution >= 4 is 39.7 Å². The summed E-state index contributed by atoms with van der Waals surface area (Å²) >= 11 is 6.43. The fourth-order valence-electron chi connectivity index (χ4n) is 1.33. The fraction of sp³-hybridized carbons (Fsp3) is 0.0833. The first-order valence-electron chi connectivity index (χ1n) is 5.35. The number of anilines is 1. The summed E-state index contributed by atoms with van der Waals surface area (Å²) in [5, 5.41) is 8.08. The summed E-state index contributed by atoms with van der Waals surface area (Å²) in [6, 6.07) is 6.76. The van der Waals surface area contributed by atoms with Crippen LogP contribution in [0.1, 0.15) is 10.4 Å². The van der Waals surface area contributed by atoms with E-state index in [0.717, 1.165) is 0 Å². The molecule has 0 saturated carbocycles. The van der Waals surface area contributed by atoms with Crippen LogP contribution >= 0.6 is 23.6 Å². The molecule has 2 rings (SSSR count). The first-order chi connectivity index (χ1) is 9.19. The van der Waals surface area contributed by atoms with Crippen LogP contribution in [0.4, 0.5) is 5.13 Å². The number of amides is 1. The van der Waals surface area contributed by atoms with Crippen molar-refractivity contribution in [2.24, 2.45) is 0 Å². The quantitative estimate of drug-likeness (QED) is 0.850. The molecule has 0 bridgehead atoms. The van der Waals surface area contributed by atoms with Crippen LogP contribution in [0.15, 0.2) is 35.8 Å². The molecule has 0 aliphatic carbocycles. The number of carbonyl (C=O) groups is 1. The van der Waals surface area contributed by atoms with Gasteiger partial charge in [0.15, 0.2) is 10.2 Å². The Balaban J connectivity index is 1.94. The van der Waals surface area contributed by atoms with Gasteiger partial charge in [-0.3, -0.25) is 10.1 Å². The Bertz CT molecular complexity index is 567. The molecule has 0 spiro atoms. The van der Waals surface area contributed by atoms with Gasteiger partial charge in [-0.05, 0) is 36.5 Å². The van der Waals surface area contributed by atoms with Gasteiger partial charge in [-0.15, -0.1) is 11.3 Å². The van der Waals surface area contributed by atoms with Crippen LogP contribution in [-0.4, -0.2) is 23.1 Å². The maximum atomic E-state index is 11.9. The summed E-state index contributed by atoms with van der Waals surface area (Å²) < 4.78 is 5.02. The lowest BCUT2D eigenvalue weighted by Gasteiger charge is -2.07. The molecule has 0 atom stereocenters. The Morgan fingerprint density at radius 2 is 2.11 bits per heavy atom. The summed E-state index contributed by atoms with van der Waals surface area (Å²) in [6.45, 7) is 0. The van der Waals surface area contributed by atoms with Crippen LogP contribution in [0, 0.1) is 0 Å². The van der Waals surface area contributed by atoms with Gasteiger partial charge >= 0.3 is 0 Å². The van der Waals surface area contributed by atoms with E-state index in [1.165, 1.54) is 11.3 Å². The third kappa shape index (κ3) is 3.73. The highest BCUT2D eigenvalue weighted by atomic mass is 32.1. The Hall–Kier alpha value is -1.99. The highest BCUT2D eigenvalue weighted by Crippen LogP contribution is 2.12. The Labute approximate surface area is 119 Å². The molecule has 0 aliphatic heterocycles. The van der Waals surface area contributed by atoms with Gasteiger partial charge in [-0.25, -0.2) is 4.98 Å². The largest absolute Gasteiger partial charge is 0.497 e. The summed E-state index contributed by atoms with van der Waals surface area (Å²) in [7, 11) is 1.57. The number of hydrogen-bond acceptors (Lipinski definition) is 5. The van der Waals surface area contributed by atoms with E-state index in [4.69, 9.17) is 17.0 Å². The van der Waals surface area contributed by atoms with E-state index in [9.17, 15) is 4.79 Å². The van der Waals surface area contributed by atoms with Crippen molar-refractivity contribution < 1.29 is 9.53 Å². The molecule has 1 amide bonds. The van der Waals surface area contributed by atoms with Gasteiger partial charge in [-0.1, -0.05) is 0 Å². The van der Waals surface area contributed by atoms with Crippen LogP contribution in [-0.2, 0) is 0 Å². The number of carbonyl (C=O) groups excluding carboxylic acids is 1. The normalized spacial score (nSPS) is 9.74. The second-order valence-electron chi connectivity index (χ2n) is 3.47. The highest BCUT2D eigenvalue weighted by Gasteiger charge is 2.08.